The average Bonchev–Trinajstić information content (AvgIpc) is 2.63. The number of halogens is 2. The average molecular weight is 425 g/mol. The fraction of sp³-hybridized carbons (Fsp3) is 0.300. The first-order valence-electron chi connectivity index (χ1n) is 8.83. The van der Waals surface area contributed by atoms with Crippen molar-refractivity contribution in [2.24, 2.45) is 0 Å². The lowest BCUT2D eigenvalue weighted by Gasteiger charge is -2.15. The van der Waals surface area contributed by atoms with E-state index in [1.165, 1.54) is 13.0 Å². The fourth-order valence-corrected chi connectivity index (χ4v) is 2.89. The monoisotopic (exact) mass is 424 g/mol. The Morgan fingerprint density at radius 3 is 2.36 bits per heavy atom. The third kappa shape index (κ3) is 5.78. The Kier molecular flexibility index (Phi) is 7.96. The Bertz CT molecular complexity index is 872. The van der Waals surface area contributed by atoms with Crippen LogP contribution in [0.25, 0.3) is 0 Å². The number of amides is 2. The van der Waals surface area contributed by atoms with Crippen molar-refractivity contribution in [3.8, 4) is 11.5 Å². The molecule has 0 spiro atoms. The van der Waals surface area contributed by atoms with Crippen LogP contribution in [0, 0.1) is 0 Å². The standard InChI is InChI=1S/C20H22Cl2N2O4/c1-4-8-28-19-16(22)9-13(10-18(19)27-5-2)20(26)24-14-6-7-17(15(21)11-14)23-12(3)25/h6-7,9-11H,4-5,8H2,1-3H3,(H,23,25)(H,24,26). The summed E-state index contributed by atoms with van der Waals surface area (Å²) in [5.74, 6) is 0.215. The van der Waals surface area contributed by atoms with Crippen LogP contribution in [0.1, 0.15) is 37.6 Å². The van der Waals surface area contributed by atoms with E-state index in [1.54, 1.807) is 24.3 Å². The van der Waals surface area contributed by atoms with Crippen molar-refractivity contribution in [2.75, 3.05) is 23.8 Å². The molecule has 0 saturated carbocycles. The Labute approximate surface area is 174 Å². The third-order valence-electron chi connectivity index (χ3n) is 3.56. The summed E-state index contributed by atoms with van der Waals surface area (Å²) in [6.07, 6.45) is 0.819. The number of hydrogen-bond donors (Lipinski definition) is 2. The van der Waals surface area contributed by atoms with Crippen molar-refractivity contribution in [3.05, 3.63) is 45.9 Å². The summed E-state index contributed by atoms with van der Waals surface area (Å²) in [6, 6.07) is 7.91. The Hall–Kier alpha value is -2.44. The van der Waals surface area contributed by atoms with Crippen LogP contribution in [0.15, 0.2) is 30.3 Å². The predicted molar refractivity (Wildman–Crippen MR) is 112 cm³/mol. The highest BCUT2D eigenvalue weighted by Gasteiger charge is 2.17. The van der Waals surface area contributed by atoms with E-state index in [1.807, 2.05) is 13.8 Å². The second-order valence-corrected chi connectivity index (χ2v) is 6.71. The molecule has 150 valence electrons. The van der Waals surface area contributed by atoms with Gasteiger partial charge in [0.25, 0.3) is 5.91 Å². The second-order valence-electron chi connectivity index (χ2n) is 5.90. The van der Waals surface area contributed by atoms with Gasteiger partial charge in [-0.05, 0) is 43.7 Å². The predicted octanol–water partition coefficient (Wildman–Crippen LogP) is 5.39. The first-order chi connectivity index (χ1) is 13.3. The van der Waals surface area contributed by atoms with Gasteiger partial charge in [0.1, 0.15) is 0 Å². The first kappa shape index (κ1) is 21.9. The molecule has 0 saturated heterocycles. The summed E-state index contributed by atoms with van der Waals surface area (Å²) in [5, 5.41) is 5.96. The van der Waals surface area contributed by atoms with Gasteiger partial charge in [0.15, 0.2) is 11.5 Å². The lowest BCUT2D eigenvalue weighted by atomic mass is 10.1. The normalized spacial score (nSPS) is 10.3. The maximum absolute atomic E-state index is 12.6. The summed E-state index contributed by atoms with van der Waals surface area (Å²) >= 11 is 12.4. The van der Waals surface area contributed by atoms with Gasteiger partial charge in [0.05, 0.1) is 28.9 Å². The van der Waals surface area contributed by atoms with Gasteiger partial charge in [0, 0.05) is 18.2 Å². The zero-order valence-electron chi connectivity index (χ0n) is 15.9. The Morgan fingerprint density at radius 2 is 1.75 bits per heavy atom. The molecule has 0 aliphatic carbocycles. The molecule has 2 amide bonds. The van der Waals surface area contributed by atoms with Crippen molar-refractivity contribution in [2.45, 2.75) is 27.2 Å². The van der Waals surface area contributed by atoms with Crippen LogP contribution >= 0.6 is 23.2 Å². The van der Waals surface area contributed by atoms with Crippen LogP contribution in [0.3, 0.4) is 0 Å². The van der Waals surface area contributed by atoms with Crippen molar-refractivity contribution < 1.29 is 19.1 Å². The van der Waals surface area contributed by atoms with E-state index in [0.29, 0.717) is 51.7 Å². The number of carbonyl (C=O) groups is 2. The van der Waals surface area contributed by atoms with Gasteiger partial charge in [-0.25, -0.2) is 0 Å². The molecule has 2 rings (SSSR count). The molecule has 0 radical (unpaired) electrons. The molecular weight excluding hydrogens is 403 g/mol. The number of rotatable bonds is 8. The Balaban J connectivity index is 2.24. The largest absolute Gasteiger partial charge is 0.490 e. The van der Waals surface area contributed by atoms with E-state index in [9.17, 15) is 9.59 Å². The first-order valence-corrected chi connectivity index (χ1v) is 9.58. The molecule has 0 aromatic heterocycles. The summed E-state index contributed by atoms with van der Waals surface area (Å²) in [7, 11) is 0. The van der Waals surface area contributed by atoms with Gasteiger partial charge in [-0.3, -0.25) is 9.59 Å². The zero-order valence-corrected chi connectivity index (χ0v) is 17.4. The summed E-state index contributed by atoms with van der Waals surface area (Å²) in [5.41, 5.74) is 1.26. The van der Waals surface area contributed by atoms with Crippen molar-refractivity contribution >= 4 is 46.4 Å². The minimum absolute atomic E-state index is 0.234. The number of benzene rings is 2. The molecule has 0 fully saturated rings. The van der Waals surface area contributed by atoms with E-state index in [0.717, 1.165) is 6.42 Å². The van der Waals surface area contributed by atoms with Gasteiger partial charge in [-0.1, -0.05) is 30.1 Å². The molecule has 0 aliphatic rings. The highest BCUT2D eigenvalue weighted by atomic mass is 35.5. The van der Waals surface area contributed by atoms with Gasteiger partial charge in [-0.2, -0.15) is 0 Å². The summed E-state index contributed by atoms with van der Waals surface area (Å²) in [4.78, 5) is 23.8. The topological polar surface area (TPSA) is 76.7 Å². The molecule has 0 heterocycles. The van der Waals surface area contributed by atoms with E-state index in [-0.39, 0.29) is 11.8 Å². The van der Waals surface area contributed by atoms with Crippen molar-refractivity contribution in [1.29, 1.82) is 0 Å². The van der Waals surface area contributed by atoms with Gasteiger partial charge in [-0.15, -0.1) is 0 Å². The van der Waals surface area contributed by atoms with Gasteiger partial charge >= 0.3 is 0 Å². The van der Waals surface area contributed by atoms with E-state index < -0.39 is 0 Å². The van der Waals surface area contributed by atoms with Crippen LogP contribution < -0.4 is 20.1 Å². The highest BCUT2D eigenvalue weighted by molar-refractivity contribution is 6.34. The van der Waals surface area contributed by atoms with Crippen molar-refractivity contribution in [3.63, 3.8) is 0 Å². The zero-order chi connectivity index (χ0) is 20.7. The lowest BCUT2D eigenvalue weighted by Crippen LogP contribution is -2.13. The maximum Gasteiger partial charge on any atom is 0.255 e. The number of carbonyl (C=O) groups excluding carboxylic acids is 2. The van der Waals surface area contributed by atoms with Crippen LogP contribution in [-0.4, -0.2) is 25.0 Å². The van der Waals surface area contributed by atoms with Crippen LogP contribution in [0.5, 0.6) is 11.5 Å². The number of hydrogen-bond acceptors (Lipinski definition) is 4. The minimum atomic E-state index is -0.381. The SMILES string of the molecule is CCCOc1c(Cl)cc(C(=O)Nc2ccc(NC(C)=O)c(Cl)c2)cc1OCC. The van der Waals surface area contributed by atoms with E-state index >= 15 is 0 Å². The van der Waals surface area contributed by atoms with Gasteiger partial charge in [0.2, 0.25) is 5.91 Å². The molecule has 0 unspecified atom stereocenters. The minimum Gasteiger partial charge on any atom is -0.490 e. The molecule has 2 N–H and O–H groups in total. The smallest absolute Gasteiger partial charge is 0.255 e. The van der Waals surface area contributed by atoms with Gasteiger partial charge < -0.3 is 20.1 Å². The van der Waals surface area contributed by atoms with Crippen LogP contribution in [-0.2, 0) is 4.79 Å². The maximum atomic E-state index is 12.6. The third-order valence-corrected chi connectivity index (χ3v) is 4.15. The molecule has 0 aliphatic heterocycles. The fourth-order valence-electron chi connectivity index (χ4n) is 2.39. The molecular formula is C20H22Cl2N2O4. The van der Waals surface area contributed by atoms with Crippen molar-refractivity contribution in [1.82, 2.24) is 0 Å². The quantitative estimate of drug-likeness (QED) is 0.595. The second kappa shape index (κ2) is 10.2. The molecule has 0 bridgehead atoms. The molecule has 2 aromatic rings. The highest BCUT2D eigenvalue weighted by Crippen LogP contribution is 2.37. The summed E-state index contributed by atoms with van der Waals surface area (Å²) in [6.45, 7) is 6.11. The molecule has 0 atom stereocenters. The van der Waals surface area contributed by atoms with E-state index in [4.69, 9.17) is 32.7 Å². The van der Waals surface area contributed by atoms with E-state index in [2.05, 4.69) is 10.6 Å². The van der Waals surface area contributed by atoms with Crippen LogP contribution in [0.2, 0.25) is 10.0 Å². The number of nitrogens with one attached hydrogen (secondary N) is 2. The number of anilines is 2. The molecule has 8 heteroatoms. The lowest BCUT2D eigenvalue weighted by molar-refractivity contribution is -0.114. The van der Waals surface area contributed by atoms with Crippen LogP contribution in [0.4, 0.5) is 11.4 Å². The molecule has 28 heavy (non-hydrogen) atoms. The Morgan fingerprint density at radius 1 is 1.00 bits per heavy atom. The molecule has 6 nitrogen and oxygen atoms in total. The molecule has 2 aromatic carbocycles. The number of ether oxygens (including phenoxy) is 2. The summed E-state index contributed by atoms with van der Waals surface area (Å²) < 4.78 is 11.2.